The van der Waals surface area contributed by atoms with Gasteiger partial charge in [0, 0.05) is 11.8 Å². The fraction of sp³-hybridized carbons (Fsp3) is 0.577. The summed E-state index contributed by atoms with van der Waals surface area (Å²) in [5.74, 6) is 1.44. The van der Waals surface area contributed by atoms with Crippen molar-refractivity contribution in [3.8, 4) is 5.75 Å². The lowest BCUT2D eigenvalue weighted by molar-refractivity contribution is -0.117. The highest BCUT2D eigenvalue weighted by Gasteiger charge is 2.60. The van der Waals surface area contributed by atoms with Gasteiger partial charge in [0.05, 0.1) is 5.60 Å². The molecule has 0 radical (unpaired) electrons. The second-order valence-corrected chi connectivity index (χ2v) is 20.7. The van der Waals surface area contributed by atoms with Crippen LogP contribution in [0.3, 0.4) is 0 Å². The maximum absolute atomic E-state index is 11.7. The van der Waals surface area contributed by atoms with Crippen LogP contribution in [0.1, 0.15) is 49.7 Å². The number of rotatable bonds is 6. The van der Waals surface area contributed by atoms with Crippen LogP contribution >= 0.6 is 0 Å². The van der Waals surface area contributed by atoms with Crippen molar-refractivity contribution < 1.29 is 13.6 Å². The second kappa shape index (κ2) is 7.56. The Balaban J connectivity index is 1.75. The van der Waals surface area contributed by atoms with Crippen molar-refractivity contribution in [3.63, 3.8) is 0 Å². The van der Waals surface area contributed by atoms with Crippen molar-refractivity contribution >= 4 is 33.7 Å². The summed E-state index contributed by atoms with van der Waals surface area (Å²) in [7, 11) is -3.41. The van der Waals surface area contributed by atoms with Crippen LogP contribution in [0.5, 0.6) is 5.75 Å². The number of fused-ring (bicyclic) bond motifs is 5. The van der Waals surface area contributed by atoms with E-state index in [1.165, 1.54) is 21.9 Å². The Morgan fingerprint density at radius 1 is 1.03 bits per heavy atom. The van der Waals surface area contributed by atoms with E-state index in [-0.39, 0.29) is 11.0 Å². The molecule has 0 saturated heterocycles. The molecule has 0 aromatic heterocycles. The fourth-order valence-electron chi connectivity index (χ4n) is 6.26. The fourth-order valence-corrected chi connectivity index (χ4v) is 8.69. The standard InChI is InChI=1S/C26H38O3Si2/c1-25-14-12-22-21-11-9-20(28-30(2,3)4)18-19(21)8-10-23(22)24(25)13-15-26(25,16-17-27)29-31(5,6)7/h8-11,17-18,24H,12-16H2,1-7H3/t24-,25-,26+/m0/s1. The van der Waals surface area contributed by atoms with Crippen LogP contribution in [0.25, 0.3) is 10.8 Å². The topological polar surface area (TPSA) is 35.5 Å². The minimum atomic E-state index is -1.79. The van der Waals surface area contributed by atoms with E-state index in [0.717, 1.165) is 37.7 Å². The van der Waals surface area contributed by atoms with Crippen molar-refractivity contribution in [1.82, 2.24) is 0 Å². The smallest absolute Gasteiger partial charge is 0.242 e. The van der Waals surface area contributed by atoms with E-state index in [9.17, 15) is 4.79 Å². The van der Waals surface area contributed by atoms with Gasteiger partial charge in [-0.2, -0.15) is 0 Å². The molecule has 0 aliphatic heterocycles. The predicted molar refractivity (Wildman–Crippen MR) is 134 cm³/mol. The molecule has 0 N–H and O–H groups in total. The molecular formula is C26H38O3Si2. The Kier molecular flexibility index (Phi) is 5.55. The Labute approximate surface area is 189 Å². The Hall–Kier alpha value is -1.44. The number of hydrogen-bond donors (Lipinski definition) is 0. The Morgan fingerprint density at radius 3 is 2.42 bits per heavy atom. The highest BCUT2D eigenvalue weighted by Crippen LogP contribution is 2.63. The molecule has 1 fully saturated rings. The summed E-state index contributed by atoms with van der Waals surface area (Å²) in [5, 5.41) is 2.63. The van der Waals surface area contributed by atoms with Crippen molar-refractivity contribution in [2.24, 2.45) is 5.41 Å². The number of benzene rings is 2. The lowest BCUT2D eigenvalue weighted by atomic mass is 9.60. The average Bonchev–Trinajstić information content (AvgIpc) is 2.91. The zero-order chi connectivity index (χ0) is 22.7. The molecule has 2 aliphatic carbocycles. The molecule has 5 heteroatoms. The van der Waals surface area contributed by atoms with Crippen LogP contribution in [0.4, 0.5) is 0 Å². The molecule has 2 aliphatic rings. The Morgan fingerprint density at radius 2 is 1.77 bits per heavy atom. The molecule has 2 aromatic rings. The highest BCUT2D eigenvalue weighted by molar-refractivity contribution is 6.70. The van der Waals surface area contributed by atoms with Gasteiger partial charge in [-0.3, -0.25) is 0 Å². The number of aryl methyl sites for hydroxylation is 1. The van der Waals surface area contributed by atoms with Crippen molar-refractivity contribution in [3.05, 3.63) is 41.5 Å². The monoisotopic (exact) mass is 454 g/mol. The van der Waals surface area contributed by atoms with Gasteiger partial charge in [-0.05, 0) is 105 Å². The third-order valence-electron chi connectivity index (χ3n) is 7.39. The summed E-state index contributed by atoms with van der Waals surface area (Å²) in [6.45, 7) is 15.8. The summed E-state index contributed by atoms with van der Waals surface area (Å²) < 4.78 is 13.1. The Bertz CT molecular complexity index is 1000. The average molecular weight is 455 g/mol. The molecule has 4 rings (SSSR count). The predicted octanol–water partition coefficient (Wildman–Crippen LogP) is 7.06. The summed E-state index contributed by atoms with van der Waals surface area (Å²) in [6.07, 6.45) is 5.83. The first kappa shape index (κ1) is 22.7. The number of aldehydes is 1. The van der Waals surface area contributed by atoms with Gasteiger partial charge in [-0.1, -0.05) is 25.1 Å². The third kappa shape index (κ3) is 4.05. The van der Waals surface area contributed by atoms with E-state index in [1.807, 2.05) is 0 Å². The van der Waals surface area contributed by atoms with Crippen molar-refractivity contribution in [2.75, 3.05) is 0 Å². The van der Waals surface area contributed by atoms with Crippen LogP contribution in [0, 0.1) is 5.41 Å². The molecule has 2 aromatic carbocycles. The first-order valence-electron chi connectivity index (χ1n) is 11.8. The quantitative estimate of drug-likeness (QED) is 0.346. The van der Waals surface area contributed by atoms with Gasteiger partial charge >= 0.3 is 0 Å². The van der Waals surface area contributed by atoms with Crippen LogP contribution in [0.15, 0.2) is 30.3 Å². The van der Waals surface area contributed by atoms with Crippen molar-refractivity contribution in [1.29, 1.82) is 0 Å². The molecule has 168 valence electrons. The maximum atomic E-state index is 11.7. The molecule has 0 amide bonds. The molecule has 0 bridgehead atoms. The summed E-state index contributed by atoms with van der Waals surface area (Å²) >= 11 is 0. The van der Waals surface area contributed by atoms with Gasteiger partial charge in [-0.15, -0.1) is 0 Å². The van der Waals surface area contributed by atoms with Gasteiger partial charge in [0.2, 0.25) is 8.32 Å². The number of carbonyl (C=O) groups is 1. The van der Waals surface area contributed by atoms with Crippen LogP contribution in [0.2, 0.25) is 39.3 Å². The van der Waals surface area contributed by atoms with E-state index in [4.69, 9.17) is 8.85 Å². The molecule has 0 heterocycles. The SMILES string of the molecule is C[C@]12CCc3c(ccc4cc(O[Si](C)(C)C)ccc34)[C@@H]1CC[C@]2(CC=O)O[Si](C)(C)C. The molecule has 1 saturated carbocycles. The highest BCUT2D eigenvalue weighted by atomic mass is 28.4. The lowest BCUT2D eigenvalue weighted by Gasteiger charge is -2.51. The molecular weight excluding hydrogens is 416 g/mol. The first-order valence-corrected chi connectivity index (χ1v) is 18.6. The zero-order valence-electron chi connectivity index (χ0n) is 20.3. The van der Waals surface area contributed by atoms with E-state index >= 15 is 0 Å². The molecule has 3 atom stereocenters. The number of hydrogen-bond acceptors (Lipinski definition) is 3. The summed E-state index contributed by atoms with van der Waals surface area (Å²) in [4.78, 5) is 11.7. The molecule has 0 unspecified atom stereocenters. The molecule has 3 nitrogen and oxygen atoms in total. The van der Waals surface area contributed by atoms with E-state index in [2.05, 4.69) is 76.5 Å². The van der Waals surface area contributed by atoms with E-state index in [0.29, 0.717) is 12.3 Å². The van der Waals surface area contributed by atoms with Crippen molar-refractivity contribution in [2.45, 2.75) is 89.8 Å². The van der Waals surface area contributed by atoms with Crippen LogP contribution in [-0.4, -0.2) is 28.5 Å². The van der Waals surface area contributed by atoms with Gasteiger partial charge in [0.15, 0.2) is 8.32 Å². The van der Waals surface area contributed by atoms with Gasteiger partial charge in [0.25, 0.3) is 0 Å². The third-order valence-corrected chi connectivity index (χ3v) is 9.25. The second-order valence-electron chi connectivity index (χ2n) is 11.8. The largest absolute Gasteiger partial charge is 0.544 e. The molecule has 31 heavy (non-hydrogen) atoms. The van der Waals surface area contributed by atoms with Gasteiger partial charge in [0.1, 0.15) is 12.0 Å². The van der Waals surface area contributed by atoms with E-state index < -0.39 is 16.6 Å². The normalized spacial score (nSPS) is 28.3. The number of carbonyl (C=O) groups excluding carboxylic acids is 1. The van der Waals surface area contributed by atoms with Gasteiger partial charge < -0.3 is 13.6 Å². The van der Waals surface area contributed by atoms with E-state index in [1.54, 1.807) is 0 Å². The minimum absolute atomic E-state index is 0.00968. The maximum Gasteiger partial charge on any atom is 0.242 e. The summed E-state index contributed by atoms with van der Waals surface area (Å²) in [5.41, 5.74) is 2.67. The zero-order valence-corrected chi connectivity index (χ0v) is 22.3. The first-order chi connectivity index (χ1) is 14.4. The van der Waals surface area contributed by atoms with Gasteiger partial charge in [-0.25, -0.2) is 0 Å². The minimum Gasteiger partial charge on any atom is -0.544 e. The molecule has 0 spiro atoms. The lowest BCUT2D eigenvalue weighted by Crippen LogP contribution is -2.53. The summed E-state index contributed by atoms with van der Waals surface area (Å²) in [6, 6.07) is 11.2. The van der Waals surface area contributed by atoms with Crippen LogP contribution < -0.4 is 4.43 Å². The van der Waals surface area contributed by atoms with Crippen LogP contribution in [-0.2, 0) is 15.6 Å².